The minimum atomic E-state index is 0.187. The minimum Gasteiger partial charge on any atom is -0.493 e. The van der Waals surface area contributed by atoms with E-state index in [9.17, 15) is 4.79 Å². The van der Waals surface area contributed by atoms with Gasteiger partial charge in [-0.3, -0.25) is 4.79 Å². The van der Waals surface area contributed by atoms with Crippen LogP contribution in [0.2, 0.25) is 0 Å². The molecule has 1 aliphatic rings. The van der Waals surface area contributed by atoms with Crippen molar-refractivity contribution in [1.82, 2.24) is 15.5 Å². The summed E-state index contributed by atoms with van der Waals surface area (Å²) in [6.07, 6.45) is 7.82. The van der Waals surface area contributed by atoms with Crippen LogP contribution in [0, 0.1) is 12.3 Å². The highest BCUT2D eigenvalue weighted by molar-refractivity contribution is 5.80. The third-order valence-corrected chi connectivity index (χ3v) is 4.37. The first kappa shape index (κ1) is 21.4. The maximum absolute atomic E-state index is 11.6. The number of terminal acetylenes is 1. The lowest BCUT2D eigenvalue weighted by Crippen LogP contribution is -2.39. The first-order valence-corrected chi connectivity index (χ1v) is 9.71. The Kier molecular flexibility index (Phi) is 8.99. The van der Waals surface area contributed by atoms with Crippen LogP contribution in [-0.4, -0.2) is 56.7 Å². The van der Waals surface area contributed by atoms with Gasteiger partial charge in [-0.05, 0) is 37.5 Å². The molecule has 0 atom stereocenters. The van der Waals surface area contributed by atoms with Gasteiger partial charge in [-0.25, -0.2) is 4.99 Å². The van der Waals surface area contributed by atoms with Crippen molar-refractivity contribution in [2.45, 2.75) is 32.7 Å². The van der Waals surface area contributed by atoms with Gasteiger partial charge < -0.3 is 25.0 Å². The second-order valence-electron chi connectivity index (χ2n) is 6.44. The molecular formula is C21H30N4O3. The molecule has 7 nitrogen and oxygen atoms in total. The monoisotopic (exact) mass is 386 g/mol. The molecule has 0 unspecified atom stereocenters. The summed E-state index contributed by atoms with van der Waals surface area (Å²) in [5, 5.41) is 6.56. The SMILES string of the molecule is C#CCOc1cc(CN=C(NCC)NCCCN2CCCC2=O)ccc1OC. The highest BCUT2D eigenvalue weighted by Crippen LogP contribution is 2.28. The van der Waals surface area contributed by atoms with E-state index in [2.05, 4.69) is 21.5 Å². The molecule has 28 heavy (non-hydrogen) atoms. The average molecular weight is 386 g/mol. The second-order valence-corrected chi connectivity index (χ2v) is 6.44. The van der Waals surface area contributed by atoms with E-state index in [4.69, 9.17) is 15.9 Å². The van der Waals surface area contributed by atoms with Gasteiger partial charge in [0.15, 0.2) is 17.5 Å². The number of guanidine groups is 1. The quantitative estimate of drug-likeness (QED) is 0.277. The maximum atomic E-state index is 11.6. The highest BCUT2D eigenvalue weighted by atomic mass is 16.5. The Balaban J connectivity index is 1.88. The van der Waals surface area contributed by atoms with Crippen molar-refractivity contribution < 1.29 is 14.3 Å². The molecule has 2 N–H and O–H groups in total. The Bertz CT molecular complexity index is 712. The molecule has 7 heteroatoms. The molecule has 2 rings (SSSR count). The Morgan fingerprint density at radius 2 is 2.21 bits per heavy atom. The molecule has 1 heterocycles. The van der Waals surface area contributed by atoms with Gasteiger partial charge >= 0.3 is 0 Å². The predicted molar refractivity (Wildman–Crippen MR) is 111 cm³/mol. The van der Waals surface area contributed by atoms with Crippen molar-refractivity contribution in [2.75, 3.05) is 39.9 Å². The summed E-state index contributed by atoms with van der Waals surface area (Å²) in [4.78, 5) is 18.2. The summed E-state index contributed by atoms with van der Waals surface area (Å²) in [7, 11) is 1.60. The zero-order chi connectivity index (χ0) is 20.2. The van der Waals surface area contributed by atoms with Crippen LogP contribution in [-0.2, 0) is 11.3 Å². The Hall–Kier alpha value is -2.88. The summed E-state index contributed by atoms with van der Waals surface area (Å²) in [5.74, 6) is 4.73. The third kappa shape index (κ3) is 6.69. The van der Waals surface area contributed by atoms with Gasteiger partial charge in [-0.2, -0.15) is 0 Å². The van der Waals surface area contributed by atoms with Crippen molar-refractivity contribution in [3.8, 4) is 23.8 Å². The molecule has 0 spiro atoms. The molecule has 1 aromatic carbocycles. The minimum absolute atomic E-state index is 0.187. The van der Waals surface area contributed by atoms with Crippen LogP contribution in [0.5, 0.6) is 11.5 Å². The van der Waals surface area contributed by atoms with Crippen LogP contribution in [0.1, 0.15) is 31.7 Å². The zero-order valence-corrected chi connectivity index (χ0v) is 16.8. The molecule has 0 aliphatic carbocycles. The van der Waals surface area contributed by atoms with E-state index >= 15 is 0 Å². The first-order chi connectivity index (χ1) is 13.7. The van der Waals surface area contributed by atoms with Gasteiger partial charge in [0.25, 0.3) is 0 Å². The summed E-state index contributed by atoms with van der Waals surface area (Å²) < 4.78 is 10.8. The van der Waals surface area contributed by atoms with Crippen molar-refractivity contribution in [1.29, 1.82) is 0 Å². The number of hydrogen-bond acceptors (Lipinski definition) is 4. The number of nitrogens with one attached hydrogen (secondary N) is 2. The molecule has 0 saturated carbocycles. The smallest absolute Gasteiger partial charge is 0.222 e. The van der Waals surface area contributed by atoms with E-state index in [1.54, 1.807) is 7.11 Å². The molecule has 0 radical (unpaired) electrons. The predicted octanol–water partition coefficient (Wildman–Crippen LogP) is 1.77. The number of nitrogens with zero attached hydrogens (tertiary/aromatic N) is 2. The van der Waals surface area contributed by atoms with Crippen molar-refractivity contribution in [3.05, 3.63) is 23.8 Å². The number of aliphatic imine (C=N–C) groups is 1. The standard InChI is InChI=1S/C21H30N4O3/c1-4-14-28-19-15-17(9-10-18(19)27-3)16-24-21(22-5-2)23-11-7-13-25-12-6-8-20(25)26/h1,9-10,15H,5-8,11-14,16H2,2-3H3,(H2,22,23,24). The van der Waals surface area contributed by atoms with Crippen LogP contribution in [0.4, 0.5) is 0 Å². The first-order valence-electron chi connectivity index (χ1n) is 9.71. The molecule has 1 aliphatic heterocycles. The zero-order valence-electron chi connectivity index (χ0n) is 16.8. The van der Waals surface area contributed by atoms with Crippen molar-refractivity contribution in [3.63, 3.8) is 0 Å². The van der Waals surface area contributed by atoms with Gasteiger partial charge in [0.1, 0.15) is 6.61 Å². The molecule has 0 bridgehead atoms. The van der Waals surface area contributed by atoms with Crippen molar-refractivity contribution in [2.24, 2.45) is 4.99 Å². The number of amides is 1. The molecule has 152 valence electrons. The Labute approximate surface area is 167 Å². The van der Waals surface area contributed by atoms with E-state index in [0.29, 0.717) is 24.5 Å². The van der Waals surface area contributed by atoms with Crippen LogP contribution >= 0.6 is 0 Å². The number of carbonyl (C=O) groups is 1. The number of likely N-dealkylation sites (tertiary alicyclic amines) is 1. The van der Waals surface area contributed by atoms with E-state index in [1.165, 1.54) is 0 Å². The Morgan fingerprint density at radius 3 is 2.89 bits per heavy atom. The molecule has 1 amide bonds. The fourth-order valence-electron chi connectivity index (χ4n) is 2.98. The lowest BCUT2D eigenvalue weighted by atomic mass is 10.2. The lowest BCUT2D eigenvalue weighted by Gasteiger charge is -2.16. The number of carbonyl (C=O) groups excluding carboxylic acids is 1. The van der Waals surface area contributed by atoms with Gasteiger partial charge in [-0.15, -0.1) is 6.42 Å². The number of rotatable bonds is 10. The third-order valence-electron chi connectivity index (χ3n) is 4.37. The van der Waals surface area contributed by atoms with Crippen LogP contribution in [0.3, 0.4) is 0 Å². The van der Waals surface area contributed by atoms with Crippen LogP contribution < -0.4 is 20.1 Å². The fourth-order valence-corrected chi connectivity index (χ4v) is 2.98. The number of benzene rings is 1. The molecular weight excluding hydrogens is 356 g/mol. The number of ether oxygens (including phenoxy) is 2. The molecule has 0 aromatic heterocycles. The van der Waals surface area contributed by atoms with Gasteiger partial charge in [0, 0.05) is 32.6 Å². The van der Waals surface area contributed by atoms with E-state index in [-0.39, 0.29) is 12.5 Å². The normalized spacial score (nSPS) is 14.0. The lowest BCUT2D eigenvalue weighted by molar-refractivity contribution is -0.127. The van der Waals surface area contributed by atoms with E-state index < -0.39 is 0 Å². The number of hydrogen-bond donors (Lipinski definition) is 2. The molecule has 1 aromatic rings. The fraction of sp³-hybridized carbons (Fsp3) is 0.524. The largest absolute Gasteiger partial charge is 0.493 e. The van der Waals surface area contributed by atoms with Crippen LogP contribution in [0.25, 0.3) is 0 Å². The van der Waals surface area contributed by atoms with Gasteiger partial charge in [-0.1, -0.05) is 12.0 Å². The summed E-state index contributed by atoms with van der Waals surface area (Å²) >= 11 is 0. The highest BCUT2D eigenvalue weighted by Gasteiger charge is 2.18. The summed E-state index contributed by atoms with van der Waals surface area (Å²) in [6, 6.07) is 5.69. The van der Waals surface area contributed by atoms with Crippen LogP contribution in [0.15, 0.2) is 23.2 Å². The van der Waals surface area contributed by atoms with Gasteiger partial charge in [0.05, 0.1) is 13.7 Å². The molecule has 1 fully saturated rings. The van der Waals surface area contributed by atoms with E-state index in [0.717, 1.165) is 50.5 Å². The maximum Gasteiger partial charge on any atom is 0.222 e. The second kappa shape index (κ2) is 11.8. The number of methoxy groups -OCH3 is 1. The Morgan fingerprint density at radius 1 is 1.36 bits per heavy atom. The summed E-state index contributed by atoms with van der Waals surface area (Å²) in [5.41, 5.74) is 0.993. The molecule has 1 saturated heterocycles. The average Bonchev–Trinajstić information content (AvgIpc) is 3.12. The van der Waals surface area contributed by atoms with E-state index in [1.807, 2.05) is 30.0 Å². The topological polar surface area (TPSA) is 75.2 Å². The van der Waals surface area contributed by atoms with Crippen molar-refractivity contribution >= 4 is 11.9 Å². The van der Waals surface area contributed by atoms with Gasteiger partial charge in [0.2, 0.25) is 5.91 Å². The summed E-state index contributed by atoms with van der Waals surface area (Å²) in [6.45, 7) is 5.92.